The van der Waals surface area contributed by atoms with Crippen molar-refractivity contribution in [1.29, 1.82) is 0 Å². The van der Waals surface area contributed by atoms with Crippen molar-refractivity contribution in [3.8, 4) is 22.4 Å². The second-order valence-electron chi connectivity index (χ2n) is 11.7. The van der Waals surface area contributed by atoms with Gasteiger partial charge < -0.3 is 0 Å². The van der Waals surface area contributed by atoms with E-state index in [0.29, 0.717) is 0 Å². The van der Waals surface area contributed by atoms with Crippen LogP contribution in [-0.2, 0) is 10.8 Å². The van der Waals surface area contributed by atoms with Crippen molar-refractivity contribution in [1.82, 2.24) is 4.98 Å². The Labute approximate surface area is 216 Å². The predicted octanol–water partition coefficient (Wildman–Crippen LogP) is 9.87. The highest BCUT2D eigenvalue weighted by Gasteiger charge is 2.39. The van der Waals surface area contributed by atoms with E-state index < -0.39 is 0 Å². The van der Waals surface area contributed by atoms with Gasteiger partial charge in [0.2, 0.25) is 0 Å². The lowest BCUT2D eigenvalue weighted by Crippen LogP contribution is -2.16. The van der Waals surface area contributed by atoms with Crippen LogP contribution in [0.5, 0.6) is 0 Å². The molecule has 6 aromatic rings. The van der Waals surface area contributed by atoms with Gasteiger partial charge >= 0.3 is 0 Å². The average molecular weight is 484 g/mol. The zero-order valence-corrected chi connectivity index (χ0v) is 22.3. The van der Waals surface area contributed by atoms with E-state index in [1.807, 2.05) is 17.5 Å². The van der Waals surface area contributed by atoms with Gasteiger partial charge in [-0.05, 0) is 68.3 Å². The van der Waals surface area contributed by atoms with E-state index in [1.54, 1.807) is 0 Å². The number of nitrogens with zero attached hydrogens (tertiary/aromatic N) is 1. The molecule has 2 aromatic heterocycles. The summed E-state index contributed by atoms with van der Waals surface area (Å²) < 4.78 is 2.70. The molecule has 0 saturated heterocycles. The Kier molecular flexibility index (Phi) is 4.40. The first kappa shape index (κ1) is 21.8. The van der Waals surface area contributed by atoms with E-state index in [2.05, 4.69) is 113 Å². The van der Waals surface area contributed by atoms with Gasteiger partial charge in [-0.15, -0.1) is 11.3 Å². The Morgan fingerprint density at radius 2 is 1.58 bits per heavy atom. The van der Waals surface area contributed by atoms with Crippen LogP contribution in [0.3, 0.4) is 0 Å². The second-order valence-corrected chi connectivity index (χ2v) is 12.8. The summed E-state index contributed by atoms with van der Waals surface area (Å²) in [4.78, 5) is 5.00. The van der Waals surface area contributed by atoms with Gasteiger partial charge in [0.15, 0.2) is 0 Å². The third-order valence-electron chi connectivity index (χ3n) is 8.06. The molecule has 0 N–H and O–H groups in total. The summed E-state index contributed by atoms with van der Waals surface area (Å²) in [5.74, 6) is 0. The van der Waals surface area contributed by atoms with E-state index in [-0.39, 0.29) is 10.8 Å². The molecule has 0 unspecified atom stereocenters. The van der Waals surface area contributed by atoms with Gasteiger partial charge in [-0.3, -0.25) is 4.98 Å². The third-order valence-corrected chi connectivity index (χ3v) is 9.19. The van der Waals surface area contributed by atoms with Crippen molar-refractivity contribution in [3.63, 3.8) is 0 Å². The molecule has 0 atom stereocenters. The SMILES string of the molecule is CC(C)(C)c1ccc2c(c1)sc1ccc(-c3nccc4c3C(C)(C)c3ccc5ccccc5c3-4)cc12. The topological polar surface area (TPSA) is 12.9 Å². The number of aromatic nitrogens is 1. The van der Waals surface area contributed by atoms with Crippen molar-refractivity contribution in [2.24, 2.45) is 0 Å². The van der Waals surface area contributed by atoms with Gasteiger partial charge in [0, 0.05) is 37.3 Å². The van der Waals surface area contributed by atoms with Crippen LogP contribution in [0.25, 0.3) is 53.3 Å². The minimum atomic E-state index is -0.119. The fraction of sp³-hybridized carbons (Fsp3) is 0.206. The zero-order chi connectivity index (χ0) is 24.8. The number of benzene rings is 4. The first-order valence-electron chi connectivity index (χ1n) is 12.7. The number of thiophene rings is 1. The largest absolute Gasteiger partial charge is 0.256 e. The fourth-order valence-corrected chi connectivity index (χ4v) is 7.26. The van der Waals surface area contributed by atoms with Crippen LogP contribution >= 0.6 is 11.3 Å². The van der Waals surface area contributed by atoms with Crippen LogP contribution in [-0.4, -0.2) is 4.98 Å². The standard InChI is InChI=1S/C34H29NS/c1-33(2,3)22-12-13-24-26-18-21(11-15-28(26)36-29(24)19-22)32-31-25(16-17-35-32)30-23-9-7-6-8-20(23)10-14-27(30)34(31,4)5/h6-19H,1-5H3. The summed E-state index contributed by atoms with van der Waals surface area (Å²) >= 11 is 1.89. The summed E-state index contributed by atoms with van der Waals surface area (Å²) in [5.41, 5.74) is 9.13. The molecule has 0 amide bonds. The maximum Gasteiger partial charge on any atom is 0.0749 e. The van der Waals surface area contributed by atoms with E-state index in [0.717, 1.165) is 5.69 Å². The second kappa shape index (κ2) is 7.27. The molecule has 0 radical (unpaired) electrons. The summed E-state index contributed by atoms with van der Waals surface area (Å²) in [7, 11) is 0. The Morgan fingerprint density at radius 1 is 0.750 bits per heavy atom. The fourth-order valence-electron chi connectivity index (χ4n) is 6.13. The number of hydrogen-bond acceptors (Lipinski definition) is 2. The van der Waals surface area contributed by atoms with Gasteiger partial charge in [-0.2, -0.15) is 0 Å². The van der Waals surface area contributed by atoms with Gasteiger partial charge in [-0.25, -0.2) is 0 Å². The highest BCUT2D eigenvalue weighted by molar-refractivity contribution is 7.25. The summed E-state index contributed by atoms with van der Waals surface area (Å²) in [6, 6.07) is 29.5. The van der Waals surface area contributed by atoms with Crippen LogP contribution in [0, 0.1) is 0 Å². The molecule has 0 saturated carbocycles. The van der Waals surface area contributed by atoms with Crippen LogP contribution in [0.4, 0.5) is 0 Å². The maximum absolute atomic E-state index is 5.00. The van der Waals surface area contributed by atoms with Crippen LogP contribution in [0.2, 0.25) is 0 Å². The molecule has 1 aliphatic rings. The molecule has 0 aliphatic heterocycles. The molecule has 1 nitrogen and oxygen atoms in total. The highest BCUT2D eigenvalue weighted by Crippen LogP contribution is 2.54. The molecule has 36 heavy (non-hydrogen) atoms. The smallest absolute Gasteiger partial charge is 0.0749 e. The lowest BCUT2D eigenvalue weighted by atomic mass is 9.80. The third kappa shape index (κ3) is 2.97. The average Bonchev–Trinajstić information content (AvgIpc) is 3.35. The van der Waals surface area contributed by atoms with Crippen molar-refractivity contribution in [2.75, 3.05) is 0 Å². The molecule has 0 spiro atoms. The van der Waals surface area contributed by atoms with E-state index >= 15 is 0 Å². The zero-order valence-electron chi connectivity index (χ0n) is 21.4. The molecule has 0 fully saturated rings. The van der Waals surface area contributed by atoms with Gasteiger partial charge in [0.25, 0.3) is 0 Å². The maximum atomic E-state index is 5.00. The number of hydrogen-bond donors (Lipinski definition) is 0. The lowest BCUT2D eigenvalue weighted by Gasteiger charge is -2.24. The minimum Gasteiger partial charge on any atom is -0.256 e. The molecule has 2 heteroatoms. The predicted molar refractivity (Wildman–Crippen MR) is 156 cm³/mol. The first-order chi connectivity index (χ1) is 17.2. The molecule has 0 bridgehead atoms. The molecular weight excluding hydrogens is 454 g/mol. The minimum absolute atomic E-state index is 0.119. The Balaban J connectivity index is 1.46. The van der Waals surface area contributed by atoms with Gasteiger partial charge in [-0.1, -0.05) is 89.2 Å². The lowest BCUT2D eigenvalue weighted by molar-refractivity contribution is 0.591. The Hall–Kier alpha value is -3.49. The van der Waals surface area contributed by atoms with Crippen LogP contribution < -0.4 is 0 Å². The molecule has 7 rings (SSSR count). The van der Waals surface area contributed by atoms with Gasteiger partial charge in [0.05, 0.1) is 5.69 Å². The van der Waals surface area contributed by atoms with E-state index in [1.165, 1.54) is 64.3 Å². The van der Waals surface area contributed by atoms with E-state index in [9.17, 15) is 0 Å². The van der Waals surface area contributed by atoms with Crippen molar-refractivity contribution in [2.45, 2.75) is 45.4 Å². The van der Waals surface area contributed by atoms with Crippen molar-refractivity contribution < 1.29 is 0 Å². The normalized spacial score (nSPS) is 14.5. The molecule has 4 aromatic carbocycles. The van der Waals surface area contributed by atoms with E-state index in [4.69, 9.17) is 4.98 Å². The molecule has 2 heterocycles. The van der Waals surface area contributed by atoms with Crippen LogP contribution in [0.15, 0.2) is 85.1 Å². The van der Waals surface area contributed by atoms with Gasteiger partial charge in [0.1, 0.15) is 0 Å². The molecule has 176 valence electrons. The highest BCUT2D eigenvalue weighted by atomic mass is 32.1. The summed E-state index contributed by atoms with van der Waals surface area (Å²) in [6.45, 7) is 11.5. The number of fused-ring (bicyclic) bond motifs is 8. The van der Waals surface area contributed by atoms with Crippen molar-refractivity contribution in [3.05, 3.63) is 102 Å². The quantitative estimate of drug-likeness (QED) is 0.227. The molecule has 1 aliphatic carbocycles. The number of rotatable bonds is 1. The summed E-state index contributed by atoms with van der Waals surface area (Å²) in [6.07, 6.45) is 1.99. The van der Waals surface area contributed by atoms with Crippen molar-refractivity contribution >= 4 is 42.3 Å². The number of pyridine rings is 1. The molecular formula is C34H29NS. The monoisotopic (exact) mass is 483 g/mol. The first-order valence-corrected chi connectivity index (χ1v) is 13.5. The Morgan fingerprint density at radius 3 is 2.42 bits per heavy atom. The Bertz CT molecular complexity index is 1850. The van der Waals surface area contributed by atoms with Crippen LogP contribution in [0.1, 0.15) is 51.3 Å². The summed E-state index contributed by atoms with van der Waals surface area (Å²) in [5, 5.41) is 5.28.